The Balaban J connectivity index is 2.10. The van der Waals surface area contributed by atoms with Gasteiger partial charge in [-0.3, -0.25) is 4.90 Å². The Hall–Kier alpha value is -1.16. The summed E-state index contributed by atoms with van der Waals surface area (Å²) in [5.41, 5.74) is 0. The van der Waals surface area contributed by atoms with Crippen LogP contribution in [0, 0.1) is 0 Å². The number of carbonyl (C=O) groups excluding carboxylic acids is 1. The van der Waals surface area contributed by atoms with Crippen LogP contribution in [0.3, 0.4) is 0 Å². The van der Waals surface area contributed by atoms with Gasteiger partial charge in [-0.05, 0) is 25.9 Å². The fraction of sp³-hybridized carbons (Fsp3) is 0.667. The molecule has 1 fully saturated rings. The minimum atomic E-state index is 0.305. The number of aromatic nitrogens is 1. The lowest BCUT2D eigenvalue weighted by Gasteiger charge is -2.32. The van der Waals surface area contributed by atoms with Crippen molar-refractivity contribution in [2.45, 2.75) is 38.6 Å². The second-order valence-corrected chi connectivity index (χ2v) is 4.18. The molecule has 0 radical (unpaired) electrons. The molecule has 16 heavy (non-hydrogen) atoms. The molecule has 1 unspecified atom stereocenters. The summed E-state index contributed by atoms with van der Waals surface area (Å²) in [6.07, 6.45) is 6.44. The second-order valence-electron chi connectivity index (χ2n) is 4.18. The van der Waals surface area contributed by atoms with Crippen molar-refractivity contribution < 1.29 is 9.21 Å². The van der Waals surface area contributed by atoms with E-state index in [1.807, 2.05) is 0 Å². The van der Waals surface area contributed by atoms with Crippen molar-refractivity contribution >= 4 is 6.29 Å². The molecule has 1 aliphatic heterocycles. The molecule has 4 heteroatoms. The van der Waals surface area contributed by atoms with Gasteiger partial charge in [0.15, 0.2) is 0 Å². The number of oxazole rings is 1. The molecule has 0 amide bonds. The summed E-state index contributed by atoms with van der Waals surface area (Å²) in [4.78, 5) is 17.1. The number of rotatable bonds is 4. The van der Waals surface area contributed by atoms with Gasteiger partial charge >= 0.3 is 0 Å². The Bertz CT molecular complexity index is 349. The van der Waals surface area contributed by atoms with Crippen LogP contribution in [0.1, 0.15) is 43.9 Å². The van der Waals surface area contributed by atoms with Crippen molar-refractivity contribution in [3.05, 3.63) is 17.8 Å². The van der Waals surface area contributed by atoms with E-state index in [-0.39, 0.29) is 0 Å². The van der Waals surface area contributed by atoms with E-state index >= 15 is 0 Å². The molecule has 1 aromatic heterocycles. The summed E-state index contributed by atoms with van der Waals surface area (Å²) in [7, 11) is 0. The minimum Gasteiger partial charge on any atom is -0.444 e. The van der Waals surface area contributed by atoms with Crippen LogP contribution in [0.2, 0.25) is 0 Å². The molecule has 0 N–H and O–H groups in total. The molecule has 4 nitrogen and oxygen atoms in total. The number of piperidine rings is 1. The van der Waals surface area contributed by atoms with Crippen LogP contribution in [0.5, 0.6) is 0 Å². The summed E-state index contributed by atoms with van der Waals surface area (Å²) in [5, 5.41) is 0. The second kappa shape index (κ2) is 5.25. The predicted octanol–water partition coefficient (Wildman–Crippen LogP) is 1.96. The SMILES string of the molecule is CCN1CCCCC1c1ncc(CC=O)o1. The summed E-state index contributed by atoms with van der Waals surface area (Å²) >= 11 is 0. The lowest BCUT2D eigenvalue weighted by Crippen LogP contribution is -2.33. The molecule has 2 heterocycles. The molecule has 1 aromatic rings. The number of aldehydes is 1. The van der Waals surface area contributed by atoms with Gasteiger partial charge < -0.3 is 9.21 Å². The van der Waals surface area contributed by atoms with Crippen molar-refractivity contribution in [3.63, 3.8) is 0 Å². The fourth-order valence-corrected chi connectivity index (χ4v) is 2.30. The molecule has 0 aliphatic carbocycles. The van der Waals surface area contributed by atoms with Crippen LogP contribution in [-0.4, -0.2) is 29.3 Å². The highest BCUT2D eigenvalue weighted by Crippen LogP contribution is 2.30. The van der Waals surface area contributed by atoms with Gasteiger partial charge in [-0.25, -0.2) is 4.98 Å². The van der Waals surface area contributed by atoms with Crippen LogP contribution < -0.4 is 0 Å². The smallest absolute Gasteiger partial charge is 0.211 e. The third-order valence-electron chi connectivity index (χ3n) is 3.16. The Kier molecular flexibility index (Phi) is 3.72. The number of nitrogens with zero attached hydrogens (tertiary/aromatic N) is 2. The van der Waals surface area contributed by atoms with Crippen molar-refractivity contribution in [2.24, 2.45) is 0 Å². The van der Waals surface area contributed by atoms with Gasteiger partial charge in [0.1, 0.15) is 12.0 Å². The maximum absolute atomic E-state index is 10.4. The first-order chi connectivity index (χ1) is 7.85. The molecule has 1 aliphatic rings. The molecule has 1 saturated heterocycles. The lowest BCUT2D eigenvalue weighted by atomic mass is 10.0. The summed E-state index contributed by atoms with van der Waals surface area (Å²) in [6, 6.07) is 0.305. The van der Waals surface area contributed by atoms with Crippen LogP contribution in [0.4, 0.5) is 0 Å². The third kappa shape index (κ3) is 2.32. The van der Waals surface area contributed by atoms with E-state index in [1.165, 1.54) is 12.8 Å². The van der Waals surface area contributed by atoms with Crippen molar-refractivity contribution in [3.8, 4) is 0 Å². The Labute approximate surface area is 95.6 Å². The van der Waals surface area contributed by atoms with Crippen molar-refractivity contribution in [2.75, 3.05) is 13.1 Å². The maximum atomic E-state index is 10.4. The van der Waals surface area contributed by atoms with Gasteiger partial charge in [0.25, 0.3) is 0 Å². The van der Waals surface area contributed by atoms with Crippen LogP contribution >= 0.6 is 0 Å². The maximum Gasteiger partial charge on any atom is 0.211 e. The van der Waals surface area contributed by atoms with E-state index in [4.69, 9.17) is 4.42 Å². The Morgan fingerprint density at radius 2 is 2.50 bits per heavy atom. The Morgan fingerprint density at radius 3 is 3.25 bits per heavy atom. The summed E-state index contributed by atoms with van der Waals surface area (Å²) in [5.74, 6) is 1.45. The normalized spacial score (nSPS) is 22.2. The van der Waals surface area contributed by atoms with Crippen LogP contribution in [-0.2, 0) is 11.2 Å². The molecular weight excluding hydrogens is 204 g/mol. The van der Waals surface area contributed by atoms with E-state index in [1.54, 1.807) is 6.20 Å². The summed E-state index contributed by atoms with van der Waals surface area (Å²) in [6.45, 7) is 4.30. The average Bonchev–Trinajstić information content (AvgIpc) is 2.78. The minimum absolute atomic E-state index is 0.305. The first-order valence-electron chi connectivity index (χ1n) is 5.97. The zero-order chi connectivity index (χ0) is 11.4. The van der Waals surface area contributed by atoms with Crippen LogP contribution in [0.25, 0.3) is 0 Å². The van der Waals surface area contributed by atoms with Gasteiger partial charge in [0, 0.05) is 0 Å². The third-order valence-corrected chi connectivity index (χ3v) is 3.16. The van der Waals surface area contributed by atoms with Gasteiger partial charge in [-0.1, -0.05) is 13.3 Å². The lowest BCUT2D eigenvalue weighted by molar-refractivity contribution is -0.107. The number of hydrogen-bond donors (Lipinski definition) is 0. The average molecular weight is 222 g/mol. The Morgan fingerprint density at radius 1 is 1.62 bits per heavy atom. The topological polar surface area (TPSA) is 46.3 Å². The first-order valence-corrected chi connectivity index (χ1v) is 5.97. The number of likely N-dealkylation sites (tertiary alicyclic amines) is 1. The number of hydrogen-bond acceptors (Lipinski definition) is 4. The molecular formula is C12H18N2O2. The largest absolute Gasteiger partial charge is 0.444 e. The van der Waals surface area contributed by atoms with Gasteiger partial charge in [-0.15, -0.1) is 0 Å². The molecule has 0 spiro atoms. The van der Waals surface area contributed by atoms with Gasteiger partial charge in [-0.2, -0.15) is 0 Å². The van der Waals surface area contributed by atoms with E-state index < -0.39 is 0 Å². The van der Waals surface area contributed by atoms with Gasteiger partial charge in [0.2, 0.25) is 5.89 Å². The van der Waals surface area contributed by atoms with Crippen LogP contribution in [0.15, 0.2) is 10.6 Å². The van der Waals surface area contributed by atoms with Gasteiger partial charge in [0.05, 0.1) is 18.7 Å². The zero-order valence-electron chi connectivity index (χ0n) is 9.69. The monoisotopic (exact) mass is 222 g/mol. The summed E-state index contributed by atoms with van der Waals surface area (Å²) < 4.78 is 5.61. The number of carbonyl (C=O) groups is 1. The molecule has 0 aromatic carbocycles. The highest BCUT2D eigenvalue weighted by Gasteiger charge is 2.26. The quantitative estimate of drug-likeness (QED) is 0.731. The standard InChI is InChI=1S/C12H18N2O2/c1-2-14-7-4-3-5-11(14)12-13-9-10(16-12)6-8-15/h8-9,11H,2-7H2,1H3. The highest BCUT2D eigenvalue weighted by molar-refractivity contribution is 5.52. The first kappa shape index (κ1) is 11.3. The molecule has 0 saturated carbocycles. The molecule has 2 rings (SSSR count). The van der Waals surface area contributed by atoms with Crippen molar-refractivity contribution in [1.29, 1.82) is 0 Å². The fourth-order valence-electron chi connectivity index (χ4n) is 2.30. The van der Waals surface area contributed by atoms with Crippen molar-refractivity contribution in [1.82, 2.24) is 9.88 Å². The van der Waals surface area contributed by atoms with E-state index in [2.05, 4.69) is 16.8 Å². The molecule has 0 bridgehead atoms. The van der Waals surface area contributed by atoms with E-state index in [0.717, 1.165) is 31.7 Å². The predicted molar refractivity (Wildman–Crippen MR) is 60.1 cm³/mol. The molecule has 1 atom stereocenters. The molecule has 88 valence electrons. The highest BCUT2D eigenvalue weighted by atomic mass is 16.4. The van der Waals surface area contributed by atoms with E-state index in [9.17, 15) is 4.79 Å². The van der Waals surface area contributed by atoms with E-state index in [0.29, 0.717) is 18.2 Å². The zero-order valence-corrected chi connectivity index (χ0v) is 9.69.